The number of nitrogens with one attached hydrogen (secondary N) is 2. The van der Waals surface area contributed by atoms with Crippen molar-refractivity contribution < 1.29 is 9.90 Å². The smallest absolute Gasteiger partial charge is 0.224 e. The van der Waals surface area contributed by atoms with Gasteiger partial charge in [0.25, 0.3) is 0 Å². The SMILES string of the molecule is CC[C@H](CO)NC(=O)C1CCNC1. The molecule has 76 valence electrons. The molecule has 0 aliphatic carbocycles. The summed E-state index contributed by atoms with van der Waals surface area (Å²) < 4.78 is 0. The van der Waals surface area contributed by atoms with Crippen LogP contribution in [0.15, 0.2) is 0 Å². The molecule has 1 heterocycles. The fourth-order valence-electron chi connectivity index (χ4n) is 1.47. The maximum absolute atomic E-state index is 11.5. The molecular weight excluding hydrogens is 168 g/mol. The Kier molecular flexibility index (Phi) is 4.18. The first-order valence-corrected chi connectivity index (χ1v) is 4.89. The van der Waals surface area contributed by atoms with Crippen LogP contribution in [0, 0.1) is 5.92 Å². The van der Waals surface area contributed by atoms with Crippen LogP contribution in [0.1, 0.15) is 19.8 Å². The van der Waals surface area contributed by atoms with Crippen LogP contribution in [0.25, 0.3) is 0 Å². The predicted octanol–water partition coefficient (Wildman–Crippen LogP) is -0.517. The van der Waals surface area contributed by atoms with Crippen molar-refractivity contribution in [1.29, 1.82) is 0 Å². The van der Waals surface area contributed by atoms with Crippen molar-refractivity contribution in [2.75, 3.05) is 19.7 Å². The van der Waals surface area contributed by atoms with E-state index in [1.54, 1.807) is 0 Å². The van der Waals surface area contributed by atoms with E-state index in [4.69, 9.17) is 5.11 Å². The first-order valence-electron chi connectivity index (χ1n) is 4.89. The Balaban J connectivity index is 2.30. The molecule has 1 fully saturated rings. The first-order chi connectivity index (χ1) is 6.27. The zero-order valence-corrected chi connectivity index (χ0v) is 8.05. The molecule has 0 aromatic rings. The van der Waals surface area contributed by atoms with E-state index in [1.165, 1.54) is 0 Å². The minimum Gasteiger partial charge on any atom is -0.394 e. The number of hydrogen-bond donors (Lipinski definition) is 3. The first kappa shape index (κ1) is 10.5. The summed E-state index contributed by atoms with van der Waals surface area (Å²) in [6.45, 7) is 3.68. The third-order valence-electron chi connectivity index (χ3n) is 2.49. The molecule has 2 atom stereocenters. The van der Waals surface area contributed by atoms with Crippen molar-refractivity contribution >= 4 is 5.91 Å². The average molecular weight is 186 g/mol. The highest BCUT2D eigenvalue weighted by atomic mass is 16.3. The lowest BCUT2D eigenvalue weighted by atomic mass is 10.1. The van der Waals surface area contributed by atoms with E-state index in [9.17, 15) is 4.79 Å². The van der Waals surface area contributed by atoms with E-state index >= 15 is 0 Å². The van der Waals surface area contributed by atoms with Gasteiger partial charge in [0, 0.05) is 6.54 Å². The van der Waals surface area contributed by atoms with Crippen molar-refractivity contribution in [3.05, 3.63) is 0 Å². The summed E-state index contributed by atoms with van der Waals surface area (Å²) in [6, 6.07) is -0.0758. The van der Waals surface area contributed by atoms with Gasteiger partial charge in [-0.25, -0.2) is 0 Å². The molecule has 0 aromatic heterocycles. The number of hydrogen-bond acceptors (Lipinski definition) is 3. The summed E-state index contributed by atoms with van der Waals surface area (Å²) in [4.78, 5) is 11.5. The van der Waals surface area contributed by atoms with Crippen molar-refractivity contribution in [3.8, 4) is 0 Å². The van der Waals surface area contributed by atoms with Gasteiger partial charge in [-0.2, -0.15) is 0 Å². The molecule has 0 bridgehead atoms. The maximum Gasteiger partial charge on any atom is 0.224 e. The molecule has 4 nitrogen and oxygen atoms in total. The summed E-state index contributed by atoms with van der Waals surface area (Å²) in [6.07, 6.45) is 1.69. The van der Waals surface area contributed by atoms with Gasteiger partial charge in [0.1, 0.15) is 0 Å². The summed E-state index contributed by atoms with van der Waals surface area (Å²) >= 11 is 0. The van der Waals surface area contributed by atoms with Crippen molar-refractivity contribution in [3.63, 3.8) is 0 Å². The predicted molar refractivity (Wildman–Crippen MR) is 50.3 cm³/mol. The second-order valence-electron chi connectivity index (χ2n) is 3.49. The summed E-state index contributed by atoms with van der Waals surface area (Å²) in [5.74, 6) is 0.173. The lowest BCUT2D eigenvalue weighted by Crippen LogP contribution is -2.41. The van der Waals surface area contributed by atoms with Gasteiger partial charge >= 0.3 is 0 Å². The van der Waals surface area contributed by atoms with Crippen molar-refractivity contribution in [2.24, 2.45) is 5.92 Å². The Hall–Kier alpha value is -0.610. The summed E-state index contributed by atoms with van der Waals surface area (Å²) in [5.41, 5.74) is 0. The minimum absolute atomic E-state index is 0.0301. The third kappa shape index (κ3) is 2.97. The van der Waals surface area contributed by atoms with E-state index in [1.807, 2.05) is 6.92 Å². The second-order valence-corrected chi connectivity index (χ2v) is 3.49. The lowest BCUT2D eigenvalue weighted by molar-refractivity contribution is -0.125. The molecule has 0 radical (unpaired) electrons. The number of rotatable bonds is 4. The van der Waals surface area contributed by atoms with Crippen LogP contribution in [0.2, 0.25) is 0 Å². The molecule has 1 saturated heterocycles. The van der Waals surface area contributed by atoms with Gasteiger partial charge in [-0.15, -0.1) is 0 Å². The van der Waals surface area contributed by atoms with E-state index < -0.39 is 0 Å². The maximum atomic E-state index is 11.5. The monoisotopic (exact) mass is 186 g/mol. The minimum atomic E-state index is -0.0758. The standard InChI is InChI=1S/C9H18N2O2/c1-2-8(6-12)11-9(13)7-3-4-10-5-7/h7-8,10,12H,2-6H2,1H3,(H,11,13)/t7?,8-/m1/s1. The van der Waals surface area contributed by atoms with Gasteiger partial charge in [0.2, 0.25) is 5.91 Å². The molecule has 4 heteroatoms. The summed E-state index contributed by atoms with van der Waals surface area (Å²) in [7, 11) is 0. The van der Waals surface area contributed by atoms with Gasteiger partial charge in [-0.1, -0.05) is 6.92 Å². The fraction of sp³-hybridized carbons (Fsp3) is 0.889. The molecule has 13 heavy (non-hydrogen) atoms. The Morgan fingerprint density at radius 3 is 3.00 bits per heavy atom. The topological polar surface area (TPSA) is 61.4 Å². The molecule has 1 amide bonds. The van der Waals surface area contributed by atoms with E-state index in [0.717, 1.165) is 25.9 Å². The molecule has 3 N–H and O–H groups in total. The Labute approximate surface area is 78.7 Å². The van der Waals surface area contributed by atoms with E-state index in [2.05, 4.69) is 10.6 Å². The summed E-state index contributed by atoms with van der Waals surface area (Å²) in [5, 5.41) is 14.9. The van der Waals surface area contributed by atoms with Gasteiger partial charge in [0.15, 0.2) is 0 Å². The van der Waals surface area contributed by atoms with Crippen LogP contribution in [0.3, 0.4) is 0 Å². The van der Waals surface area contributed by atoms with E-state index in [-0.39, 0.29) is 24.5 Å². The number of carbonyl (C=O) groups is 1. The van der Waals surface area contributed by atoms with Crippen LogP contribution in [-0.4, -0.2) is 36.8 Å². The van der Waals surface area contributed by atoms with Crippen LogP contribution < -0.4 is 10.6 Å². The van der Waals surface area contributed by atoms with E-state index in [0.29, 0.717) is 0 Å². The van der Waals surface area contributed by atoms with Gasteiger partial charge in [0.05, 0.1) is 18.6 Å². The zero-order valence-electron chi connectivity index (χ0n) is 8.05. The van der Waals surface area contributed by atoms with Crippen LogP contribution in [0.5, 0.6) is 0 Å². The number of amides is 1. The second kappa shape index (κ2) is 5.19. The van der Waals surface area contributed by atoms with Crippen LogP contribution >= 0.6 is 0 Å². The normalized spacial score (nSPS) is 24.3. The average Bonchev–Trinajstić information content (AvgIpc) is 2.66. The van der Waals surface area contributed by atoms with Crippen LogP contribution in [-0.2, 0) is 4.79 Å². The van der Waals surface area contributed by atoms with Gasteiger partial charge < -0.3 is 15.7 Å². The molecule has 1 aliphatic heterocycles. The molecular formula is C9H18N2O2. The number of aliphatic hydroxyl groups is 1. The van der Waals surface area contributed by atoms with Crippen molar-refractivity contribution in [1.82, 2.24) is 10.6 Å². The Bertz CT molecular complexity index is 163. The molecule has 1 rings (SSSR count). The Morgan fingerprint density at radius 1 is 1.77 bits per heavy atom. The highest BCUT2D eigenvalue weighted by molar-refractivity contribution is 5.79. The Morgan fingerprint density at radius 2 is 2.54 bits per heavy atom. The molecule has 0 saturated carbocycles. The highest BCUT2D eigenvalue weighted by Gasteiger charge is 2.23. The molecule has 0 aromatic carbocycles. The third-order valence-corrected chi connectivity index (χ3v) is 2.49. The number of carbonyl (C=O) groups excluding carboxylic acids is 1. The van der Waals surface area contributed by atoms with Gasteiger partial charge in [-0.3, -0.25) is 4.79 Å². The molecule has 1 unspecified atom stereocenters. The quantitative estimate of drug-likeness (QED) is 0.554. The number of aliphatic hydroxyl groups excluding tert-OH is 1. The molecule has 0 spiro atoms. The van der Waals surface area contributed by atoms with Gasteiger partial charge in [-0.05, 0) is 19.4 Å². The zero-order chi connectivity index (χ0) is 9.68. The fourth-order valence-corrected chi connectivity index (χ4v) is 1.47. The highest BCUT2D eigenvalue weighted by Crippen LogP contribution is 2.07. The van der Waals surface area contributed by atoms with Crippen molar-refractivity contribution in [2.45, 2.75) is 25.8 Å². The van der Waals surface area contributed by atoms with Crippen LogP contribution in [0.4, 0.5) is 0 Å². The molecule has 1 aliphatic rings. The largest absolute Gasteiger partial charge is 0.394 e. The lowest BCUT2D eigenvalue weighted by Gasteiger charge is -2.16.